The van der Waals surface area contributed by atoms with Crippen LogP contribution >= 0.6 is 21.4 Å². The highest BCUT2D eigenvalue weighted by Crippen LogP contribution is 2.13. The zero-order valence-corrected chi connectivity index (χ0v) is 22.0. The van der Waals surface area contributed by atoms with Crippen molar-refractivity contribution in [1.82, 2.24) is 5.32 Å². The summed E-state index contributed by atoms with van der Waals surface area (Å²) in [5.41, 5.74) is 6.02. The van der Waals surface area contributed by atoms with Gasteiger partial charge in [-0.1, -0.05) is 0 Å². The minimum atomic E-state index is -1.67. The second-order valence-electron chi connectivity index (χ2n) is 6.08. The molecule has 0 aliphatic carbocycles. The number of nitro benzene ring substituents is 2. The summed E-state index contributed by atoms with van der Waals surface area (Å²) in [7, 11) is 10.4. The lowest BCUT2D eigenvalue weighted by Gasteiger charge is -2.03. The predicted molar refractivity (Wildman–Crippen MR) is 137 cm³/mol. The van der Waals surface area contributed by atoms with Gasteiger partial charge in [-0.05, 0) is 42.4 Å². The quantitative estimate of drug-likeness (QED) is 0.209. The zero-order chi connectivity index (χ0) is 28.8. The number of rotatable bonds is 10. The van der Waals surface area contributed by atoms with Crippen LogP contribution in [0, 0.1) is 20.2 Å². The number of hydrogen-bond donors (Lipinski definition) is 3. The molecule has 17 heteroatoms. The summed E-state index contributed by atoms with van der Waals surface area (Å²) >= 11 is 0. The molecule has 0 aromatic heterocycles. The van der Waals surface area contributed by atoms with Crippen LogP contribution in [0.2, 0.25) is 0 Å². The van der Waals surface area contributed by atoms with E-state index in [1.54, 1.807) is 12.1 Å². The summed E-state index contributed by atoms with van der Waals surface area (Å²) in [4.78, 5) is 40.7. The molecule has 2 aromatic rings. The molecular formula is C20H26Cl2N4O10S. The van der Waals surface area contributed by atoms with Crippen LogP contribution in [0.1, 0.15) is 11.1 Å². The first kappa shape index (κ1) is 35.9. The number of carboxylic acids is 1. The van der Waals surface area contributed by atoms with Gasteiger partial charge < -0.3 is 25.6 Å². The number of carbonyl (C=O) groups excluding carboxylic acids is 1. The van der Waals surface area contributed by atoms with E-state index in [4.69, 9.17) is 18.8 Å². The molecule has 0 saturated carbocycles. The van der Waals surface area contributed by atoms with Gasteiger partial charge in [0.15, 0.2) is 0 Å². The topological polar surface area (TPSA) is 214 Å². The number of hydrogen-bond acceptors (Lipinski definition) is 10. The lowest BCUT2D eigenvalue weighted by Crippen LogP contribution is -2.23. The molecule has 0 atom stereocenters. The van der Waals surface area contributed by atoms with Crippen molar-refractivity contribution in [2.45, 2.75) is 13.2 Å². The number of halogens is 2. The van der Waals surface area contributed by atoms with Crippen molar-refractivity contribution in [3.8, 4) is 0 Å². The van der Waals surface area contributed by atoms with Crippen LogP contribution in [0.4, 0.5) is 11.4 Å². The summed E-state index contributed by atoms with van der Waals surface area (Å²) in [6.07, 6.45) is 0. The Morgan fingerprint density at radius 2 is 1.22 bits per heavy atom. The second kappa shape index (κ2) is 22.0. The first-order chi connectivity index (χ1) is 17.5. The van der Waals surface area contributed by atoms with Gasteiger partial charge in [0.25, 0.3) is 11.4 Å². The minimum Gasteiger partial charge on any atom is -0.480 e. The Morgan fingerprint density at radius 3 is 1.49 bits per heavy atom. The number of carbonyl (C=O) groups is 2. The Hall–Kier alpha value is -3.21. The molecule has 14 nitrogen and oxygen atoms in total. The number of nitrogens with two attached hydrogens (primary N) is 1. The third-order valence-corrected chi connectivity index (χ3v) is 3.57. The number of amides is 1. The molecule has 0 saturated heterocycles. The maximum Gasteiger partial charge on any atom is 0.329 e. The van der Waals surface area contributed by atoms with Gasteiger partial charge in [-0.25, -0.2) is 9.00 Å². The second-order valence-corrected chi connectivity index (χ2v) is 8.61. The molecule has 0 aliphatic rings. The molecule has 0 unspecified atom stereocenters. The third kappa shape index (κ3) is 20.7. The monoisotopic (exact) mass is 584 g/mol. The summed E-state index contributed by atoms with van der Waals surface area (Å²) in [6.45, 7) is -0.0137. The van der Waals surface area contributed by atoms with E-state index in [0.717, 1.165) is 5.56 Å². The van der Waals surface area contributed by atoms with Crippen LogP contribution in [0.15, 0.2) is 48.5 Å². The highest BCUT2D eigenvalue weighted by Gasteiger charge is 2.05. The van der Waals surface area contributed by atoms with Gasteiger partial charge >= 0.3 is 5.97 Å². The predicted octanol–water partition coefficient (Wildman–Crippen LogP) is 2.67. The molecule has 0 bridgehead atoms. The van der Waals surface area contributed by atoms with Crippen LogP contribution in [0.5, 0.6) is 0 Å². The molecule has 0 heterocycles. The van der Waals surface area contributed by atoms with Crippen molar-refractivity contribution in [1.29, 1.82) is 0 Å². The number of carboxylic acid groups (broad SMARTS) is 1. The van der Waals surface area contributed by atoms with Crippen LogP contribution in [0.3, 0.4) is 0 Å². The molecule has 0 aliphatic heterocycles. The molecule has 0 radical (unpaired) electrons. The highest BCUT2D eigenvalue weighted by atomic mass is 36.0. The summed E-state index contributed by atoms with van der Waals surface area (Å²) in [5.74, 6) is -1.25. The number of non-ortho nitro benzene ring substituents is 2. The summed E-state index contributed by atoms with van der Waals surface area (Å²) in [6, 6.07) is 11.8. The number of ether oxygens (including phenoxy) is 2. The Bertz CT molecular complexity index is 992. The van der Waals surface area contributed by atoms with E-state index in [9.17, 15) is 29.8 Å². The van der Waals surface area contributed by atoms with Crippen molar-refractivity contribution in [2.24, 2.45) is 5.73 Å². The SMILES string of the molecule is CN.CNC(=O)COCc1ccc([N+](=O)[O-])cc1.O=C(O)COCc1ccc([N+](=O)[O-])cc1.O=S(Cl)Cl. The van der Waals surface area contributed by atoms with Gasteiger partial charge in [-0.15, -0.1) is 0 Å². The standard InChI is InChI=1S/C10H12N2O4.C9H9NO5.CH5N.Cl2OS/c1-11-10(13)7-16-6-8-2-4-9(5-3-8)12(14)15;11-9(12)6-15-5-7-1-3-8(4-2-7)10(13)14;1-2;1-4(2)3/h2-5H,6-7H2,1H3,(H,11,13);1-4H,5-6H2,(H,11,12);2H2,1H3;. The van der Waals surface area contributed by atoms with Gasteiger partial charge in [0.05, 0.1) is 23.1 Å². The maximum absolute atomic E-state index is 10.8. The van der Waals surface area contributed by atoms with Crippen LogP contribution < -0.4 is 11.1 Å². The molecule has 4 N–H and O–H groups in total. The summed E-state index contributed by atoms with van der Waals surface area (Å²) in [5, 5.41) is 31.4. The maximum atomic E-state index is 10.8. The van der Waals surface area contributed by atoms with E-state index in [1.165, 1.54) is 50.5 Å². The van der Waals surface area contributed by atoms with Gasteiger partial charge in [-0.2, -0.15) is 0 Å². The first-order valence-corrected chi connectivity index (χ1v) is 12.6. The fourth-order valence-corrected chi connectivity index (χ4v) is 2.02. The summed E-state index contributed by atoms with van der Waals surface area (Å²) < 4.78 is 19.0. The Kier molecular flexibility index (Phi) is 21.4. The molecule has 1 amide bonds. The molecule has 2 rings (SSSR count). The fourth-order valence-electron chi connectivity index (χ4n) is 2.02. The number of benzene rings is 2. The van der Waals surface area contributed by atoms with Crippen molar-refractivity contribution in [2.75, 3.05) is 27.3 Å². The highest BCUT2D eigenvalue weighted by molar-refractivity contribution is 8.26. The Morgan fingerprint density at radius 1 is 0.892 bits per heavy atom. The van der Waals surface area contributed by atoms with Gasteiger partial charge in [0, 0.05) is 52.7 Å². The minimum absolute atomic E-state index is 0.00279. The first-order valence-electron chi connectivity index (χ1n) is 9.82. The average molecular weight is 585 g/mol. The Labute approximate surface area is 223 Å². The molecule has 206 valence electrons. The fraction of sp³-hybridized carbons (Fsp3) is 0.300. The lowest BCUT2D eigenvalue weighted by molar-refractivity contribution is -0.385. The number of nitrogens with one attached hydrogen (secondary N) is 1. The number of aliphatic carboxylic acids is 1. The van der Waals surface area contributed by atoms with Gasteiger partial charge in [0.1, 0.15) is 13.2 Å². The van der Waals surface area contributed by atoms with Crippen molar-refractivity contribution < 1.29 is 38.2 Å². The van der Waals surface area contributed by atoms with Crippen molar-refractivity contribution in [3.63, 3.8) is 0 Å². The van der Waals surface area contributed by atoms with Crippen molar-refractivity contribution in [3.05, 3.63) is 79.9 Å². The molecule has 2 aromatic carbocycles. The third-order valence-electron chi connectivity index (χ3n) is 3.57. The van der Waals surface area contributed by atoms with E-state index in [-0.39, 0.29) is 43.7 Å². The van der Waals surface area contributed by atoms with E-state index >= 15 is 0 Å². The zero-order valence-electron chi connectivity index (χ0n) is 19.7. The largest absolute Gasteiger partial charge is 0.480 e. The smallest absolute Gasteiger partial charge is 0.329 e. The molecule has 0 fully saturated rings. The number of nitrogens with zero attached hydrogens (tertiary/aromatic N) is 2. The van der Waals surface area contributed by atoms with E-state index < -0.39 is 25.0 Å². The Balaban J connectivity index is 0. The van der Waals surface area contributed by atoms with Gasteiger partial charge in [0.2, 0.25) is 15.1 Å². The van der Waals surface area contributed by atoms with E-state index in [2.05, 4.69) is 32.4 Å². The van der Waals surface area contributed by atoms with Crippen molar-refractivity contribution >= 4 is 53.8 Å². The van der Waals surface area contributed by atoms with Crippen LogP contribution in [0.25, 0.3) is 0 Å². The van der Waals surface area contributed by atoms with Gasteiger partial charge in [-0.3, -0.25) is 25.0 Å². The number of nitro groups is 2. The lowest BCUT2D eigenvalue weighted by atomic mass is 10.2. The van der Waals surface area contributed by atoms with Crippen LogP contribution in [-0.4, -0.2) is 58.3 Å². The number of likely N-dealkylation sites (N-methyl/N-ethyl adjacent to an activating group) is 1. The van der Waals surface area contributed by atoms with E-state index in [0.29, 0.717) is 5.56 Å². The van der Waals surface area contributed by atoms with Crippen LogP contribution in [-0.2, 0) is 41.5 Å². The molecular weight excluding hydrogens is 559 g/mol. The normalized spacial score (nSPS) is 9.35. The molecule has 0 spiro atoms. The molecule has 37 heavy (non-hydrogen) atoms. The van der Waals surface area contributed by atoms with E-state index in [1.807, 2.05) is 0 Å². The average Bonchev–Trinajstić information content (AvgIpc) is 2.85.